The van der Waals surface area contributed by atoms with Gasteiger partial charge in [0.2, 0.25) is 5.76 Å². The summed E-state index contributed by atoms with van der Waals surface area (Å²) in [5.74, 6) is 0.237. The molecule has 0 unspecified atom stereocenters. The maximum absolute atomic E-state index is 11.8. The van der Waals surface area contributed by atoms with Crippen molar-refractivity contribution < 1.29 is 13.9 Å². The summed E-state index contributed by atoms with van der Waals surface area (Å²) < 4.78 is 11.3. The Bertz CT molecular complexity index is 964. The third-order valence-electron chi connectivity index (χ3n) is 3.42. The lowest BCUT2D eigenvalue weighted by molar-refractivity contribution is -0.115. The van der Waals surface area contributed by atoms with Crippen LogP contribution in [-0.4, -0.2) is 22.4 Å². The predicted octanol–water partition coefficient (Wildman–Crippen LogP) is 4.68. The Morgan fingerprint density at radius 2 is 2.16 bits per heavy atom. The van der Waals surface area contributed by atoms with Crippen LogP contribution in [0.15, 0.2) is 52.2 Å². The van der Waals surface area contributed by atoms with Crippen molar-refractivity contribution >= 4 is 52.1 Å². The molecule has 0 aliphatic carbocycles. The third kappa shape index (κ3) is 3.49. The Morgan fingerprint density at radius 3 is 2.84 bits per heavy atom. The monoisotopic (exact) mass is 352 g/mol. The van der Waals surface area contributed by atoms with Gasteiger partial charge in [-0.15, -0.1) is 0 Å². The summed E-state index contributed by atoms with van der Waals surface area (Å²) in [7, 11) is 0. The fourth-order valence-electron chi connectivity index (χ4n) is 2.35. The molecule has 3 heterocycles. The summed E-state index contributed by atoms with van der Waals surface area (Å²) in [6, 6.07) is 1.81. The highest BCUT2D eigenvalue weighted by molar-refractivity contribution is 8.13. The van der Waals surface area contributed by atoms with Crippen LogP contribution in [0.25, 0.3) is 29.2 Å². The maximum atomic E-state index is 11.8. The van der Waals surface area contributed by atoms with Crippen LogP contribution in [0.3, 0.4) is 0 Å². The summed E-state index contributed by atoms with van der Waals surface area (Å²) in [4.78, 5) is 20.1. The Labute approximate surface area is 149 Å². The van der Waals surface area contributed by atoms with Crippen molar-refractivity contribution in [3.63, 3.8) is 0 Å². The van der Waals surface area contributed by atoms with Gasteiger partial charge in [0.25, 0.3) is 5.23 Å². The lowest BCUT2D eigenvalue weighted by atomic mass is 10.1. The zero-order valence-corrected chi connectivity index (χ0v) is 14.7. The van der Waals surface area contributed by atoms with Gasteiger partial charge in [0.05, 0.1) is 5.69 Å². The van der Waals surface area contributed by atoms with Crippen LogP contribution in [0.5, 0.6) is 0 Å². The standard InChI is InChI=1S/C19H16N2O3S/c1-4-6-8-14-15(7-5-2)20-11-12-9-13(23-17(12)14)10-16-18(22)21-19(24-16)25-3/h4-11H,1H2,2-3H3/b7-5-,8-6-,16-10-. The summed E-state index contributed by atoms with van der Waals surface area (Å²) >= 11 is 1.27. The molecule has 2 aromatic rings. The highest BCUT2D eigenvalue weighted by Gasteiger charge is 2.23. The molecule has 0 saturated carbocycles. The summed E-state index contributed by atoms with van der Waals surface area (Å²) in [6.45, 7) is 5.62. The minimum absolute atomic E-state index is 0.147. The topological polar surface area (TPSA) is 64.7 Å². The Balaban J connectivity index is 2.07. The molecule has 1 amide bonds. The van der Waals surface area contributed by atoms with E-state index in [1.165, 1.54) is 11.8 Å². The Hall–Kier alpha value is -2.86. The van der Waals surface area contributed by atoms with Crippen LogP contribution in [-0.2, 0) is 9.53 Å². The van der Waals surface area contributed by atoms with Crippen LogP contribution >= 0.6 is 11.8 Å². The quantitative estimate of drug-likeness (QED) is 0.590. The first-order chi connectivity index (χ1) is 12.2. The minimum Gasteiger partial charge on any atom is -0.456 e. The van der Waals surface area contributed by atoms with Crippen molar-refractivity contribution in [3.8, 4) is 0 Å². The van der Waals surface area contributed by atoms with Gasteiger partial charge in [-0.25, -0.2) is 0 Å². The molecule has 3 rings (SSSR count). The molecule has 0 aromatic carbocycles. The molecule has 126 valence electrons. The van der Waals surface area contributed by atoms with Crippen molar-refractivity contribution in [2.45, 2.75) is 6.92 Å². The Morgan fingerprint density at radius 1 is 1.32 bits per heavy atom. The molecule has 6 heteroatoms. The number of allylic oxidation sites excluding steroid dienone is 3. The molecule has 0 atom stereocenters. The fourth-order valence-corrected chi connectivity index (χ4v) is 2.70. The molecule has 0 bridgehead atoms. The zero-order chi connectivity index (χ0) is 17.8. The van der Waals surface area contributed by atoms with E-state index in [2.05, 4.69) is 16.6 Å². The first kappa shape index (κ1) is 17.0. The van der Waals surface area contributed by atoms with Gasteiger partial charge in [0, 0.05) is 23.2 Å². The molecule has 0 fully saturated rings. The molecule has 0 spiro atoms. The summed E-state index contributed by atoms with van der Waals surface area (Å²) in [5.41, 5.74) is 2.33. The average molecular weight is 352 g/mol. The average Bonchev–Trinajstić information content (AvgIpc) is 3.17. The van der Waals surface area contributed by atoms with Crippen molar-refractivity contribution in [2.75, 3.05) is 6.26 Å². The van der Waals surface area contributed by atoms with E-state index in [1.54, 1.807) is 24.6 Å². The van der Waals surface area contributed by atoms with Crippen molar-refractivity contribution in [2.24, 2.45) is 4.99 Å². The third-order valence-corrected chi connectivity index (χ3v) is 3.94. The SMILES string of the molecule is C=C/C=C\c1c(/C=C\C)ncc2cc(/C=C3\OC(SC)=NC3=O)oc12. The van der Waals surface area contributed by atoms with E-state index in [0.29, 0.717) is 16.6 Å². The van der Waals surface area contributed by atoms with Crippen LogP contribution in [0, 0.1) is 0 Å². The molecular formula is C19H16N2O3S. The maximum Gasteiger partial charge on any atom is 0.316 e. The van der Waals surface area contributed by atoms with Crippen LogP contribution in [0.2, 0.25) is 0 Å². The van der Waals surface area contributed by atoms with E-state index >= 15 is 0 Å². The number of aromatic nitrogens is 1. The van der Waals surface area contributed by atoms with E-state index in [-0.39, 0.29) is 5.76 Å². The highest BCUT2D eigenvalue weighted by atomic mass is 32.2. The van der Waals surface area contributed by atoms with Gasteiger partial charge in [0.1, 0.15) is 11.3 Å². The second-order valence-electron chi connectivity index (χ2n) is 5.08. The Kier molecular flexibility index (Phi) is 5.00. The van der Waals surface area contributed by atoms with Crippen molar-refractivity contribution in [1.82, 2.24) is 4.98 Å². The molecule has 1 aliphatic rings. The number of thioether (sulfide) groups is 1. The van der Waals surface area contributed by atoms with Crippen LogP contribution < -0.4 is 0 Å². The fraction of sp³-hybridized carbons (Fsp3) is 0.105. The molecular weight excluding hydrogens is 336 g/mol. The number of rotatable bonds is 4. The summed E-state index contributed by atoms with van der Waals surface area (Å²) in [5, 5.41) is 1.17. The number of hydrogen-bond acceptors (Lipinski definition) is 5. The molecule has 2 aromatic heterocycles. The number of carbonyl (C=O) groups excluding carboxylic acids is 1. The van der Waals surface area contributed by atoms with Gasteiger partial charge in [0.15, 0.2) is 0 Å². The first-order valence-electron chi connectivity index (χ1n) is 7.57. The van der Waals surface area contributed by atoms with Crippen LogP contribution in [0.1, 0.15) is 23.9 Å². The van der Waals surface area contributed by atoms with Gasteiger partial charge < -0.3 is 9.15 Å². The number of carbonyl (C=O) groups is 1. The number of nitrogens with zero attached hydrogens (tertiary/aromatic N) is 2. The van der Waals surface area contributed by atoms with Crippen molar-refractivity contribution in [1.29, 1.82) is 0 Å². The highest BCUT2D eigenvalue weighted by Crippen LogP contribution is 2.29. The molecule has 0 saturated heterocycles. The van der Waals surface area contributed by atoms with Crippen LogP contribution in [0.4, 0.5) is 0 Å². The second-order valence-corrected chi connectivity index (χ2v) is 5.84. The molecule has 0 radical (unpaired) electrons. The molecule has 0 N–H and O–H groups in total. The van der Waals surface area contributed by atoms with E-state index in [0.717, 1.165) is 16.6 Å². The van der Waals surface area contributed by atoms with Gasteiger partial charge in [-0.05, 0) is 31.4 Å². The number of fused-ring (bicyclic) bond motifs is 1. The van der Waals surface area contributed by atoms with Gasteiger partial charge in [-0.2, -0.15) is 4.99 Å². The minimum atomic E-state index is -0.413. The first-order valence-corrected chi connectivity index (χ1v) is 8.79. The van der Waals surface area contributed by atoms with Gasteiger partial charge in [-0.3, -0.25) is 9.78 Å². The van der Waals surface area contributed by atoms with Gasteiger partial charge in [-0.1, -0.05) is 36.6 Å². The lowest BCUT2D eigenvalue weighted by Gasteiger charge is -2.01. The summed E-state index contributed by atoms with van der Waals surface area (Å²) in [6.07, 6.45) is 14.3. The van der Waals surface area contributed by atoms with E-state index < -0.39 is 5.91 Å². The molecule has 5 nitrogen and oxygen atoms in total. The van der Waals surface area contributed by atoms with Gasteiger partial charge >= 0.3 is 5.91 Å². The largest absolute Gasteiger partial charge is 0.456 e. The number of pyridine rings is 1. The van der Waals surface area contributed by atoms with Crippen molar-refractivity contribution in [3.05, 3.63) is 59.8 Å². The molecule has 1 aliphatic heterocycles. The number of ether oxygens (including phenoxy) is 1. The number of aliphatic imine (C=N–C) groups is 1. The number of furan rings is 1. The van der Waals surface area contributed by atoms with E-state index in [1.807, 2.05) is 37.3 Å². The smallest absolute Gasteiger partial charge is 0.316 e. The number of amides is 1. The second kappa shape index (κ2) is 7.36. The van der Waals surface area contributed by atoms with E-state index in [9.17, 15) is 4.79 Å². The predicted molar refractivity (Wildman–Crippen MR) is 103 cm³/mol. The lowest BCUT2D eigenvalue weighted by Crippen LogP contribution is -1.93. The van der Waals surface area contributed by atoms with E-state index in [4.69, 9.17) is 9.15 Å². The number of hydrogen-bond donors (Lipinski definition) is 0. The zero-order valence-electron chi connectivity index (χ0n) is 13.9. The normalized spacial score (nSPS) is 16.3. The molecule has 25 heavy (non-hydrogen) atoms.